The molecule has 0 saturated heterocycles. The summed E-state index contributed by atoms with van der Waals surface area (Å²) in [7, 11) is 0. The molecule has 1 aliphatic rings. The van der Waals surface area contributed by atoms with Crippen LogP contribution in [-0.4, -0.2) is 21.8 Å². The number of rotatable bonds is 5. The number of hydrogen-bond donors (Lipinski definition) is 2. The van der Waals surface area contributed by atoms with Gasteiger partial charge < -0.3 is 0 Å². The molecule has 0 unspecified atom stereocenters. The zero-order valence-corrected chi connectivity index (χ0v) is 9.61. The highest BCUT2D eigenvalue weighted by atomic mass is 16.6. The molecule has 2 atom stereocenters. The molecule has 0 spiro atoms. The molecule has 1 aliphatic carbocycles. The molecule has 2 rings (SSSR count). The second-order valence-corrected chi connectivity index (χ2v) is 4.08. The fourth-order valence-corrected chi connectivity index (χ4v) is 1.66. The van der Waals surface area contributed by atoms with E-state index < -0.39 is 27.7 Å². The predicted octanol–water partition coefficient (Wildman–Crippen LogP) is 0.703. The molecular weight excluding hydrogens is 256 g/mol. The average molecular weight is 266 g/mol. The van der Waals surface area contributed by atoms with Crippen molar-refractivity contribution in [1.29, 1.82) is 0 Å². The van der Waals surface area contributed by atoms with Crippen molar-refractivity contribution in [3.8, 4) is 0 Å². The van der Waals surface area contributed by atoms with E-state index in [1.54, 1.807) is 6.07 Å². The van der Waals surface area contributed by atoms with Gasteiger partial charge >= 0.3 is 0 Å². The summed E-state index contributed by atoms with van der Waals surface area (Å²) >= 11 is 0. The number of carbonyl (C=O) groups is 1. The normalized spacial score (nSPS) is 20.4. The van der Waals surface area contributed by atoms with Gasteiger partial charge in [0.25, 0.3) is 5.69 Å². The van der Waals surface area contributed by atoms with Crippen LogP contribution in [0.25, 0.3) is 0 Å². The molecule has 0 aliphatic heterocycles. The van der Waals surface area contributed by atoms with E-state index in [4.69, 9.17) is 0 Å². The summed E-state index contributed by atoms with van der Waals surface area (Å²) in [6.45, 7) is 0. The van der Waals surface area contributed by atoms with Crippen molar-refractivity contribution in [3.63, 3.8) is 0 Å². The maximum atomic E-state index is 11.5. The van der Waals surface area contributed by atoms with Gasteiger partial charge in [-0.25, -0.2) is 0 Å². The van der Waals surface area contributed by atoms with Crippen molar-refractivity contribution < 1.29 is 14.6 Å². The zero-order chi connectivity index (χ0) is 14.0. The Labute approximate surface area is 106 Å². The van der Waals surface area contributed by atoms with E-state index in [2.05, 4.69) is 10.9 Å². The topological polar surface area (TPSA) is 127 Å². The van der Waals surface area contributed by atoms with Gasteiger partial charge in [-0.3, -0.25) is 35.9 Å². The lowest BCUT2D eigenvalue weighted by molar-refractivity contribution is -0.497. The summed E-state index contributed by atoms with van der Waals surface area (Å²) < 4.78 is 0. The van der Waals surface area contributed by atoms with Crippen LogP contribution < -0.4 is 10.9 Å². The van der Waals surface area contributed by atoms with Crippen LogP contribution in [0, 0.1) is 26.1 Å². The van der Waals surface area contributed by atoms with Crippen LogP contribution in [0.5, 0.6) is 0 Å². The standard InChI is InChI=1S/C10H10N4O5/c15-10(6-5-9(6)14(18)19)12-11-7-3-1-2-4-8(7)13(16)17/h1-4,6,9,11H,5H2,(H,12,15)/t6-,9-/m1/s1. The monoisotopic (exact) mass is 266 g/mol. The summed E-state index contributed by atoms with van der Waals surface area (Å²) in [5.74, 6) is -1.22. The molecule has 1 aromatic rings. The summed E-state index contributed by atoms with van der Waals surface area (Å²) in [5.41, 5.74) is 4.59. The fraction of sp³-hybridized carbons (Fsp3) is 0.300. The third-order valence-corrected chi connectivity index (χ3v) is 2.79. The van der Waals surface area contributed by atoms with Crippen molar-refractivity contribution >= 4 is 17.3 Å². The van der Waals surface area contributed by atoms with Crippen molar-refractivity contribution in [1.82, 2.24) is 5.43 Å². The summed E-state index contributed by atoms with van der Waals surface area (Å²) in [6.07, 6.45) is 0.192. The van der Waals surface area contributed by atoms with E-state index in [1.807, 2.05) is 0 Å². The first-order chi connectivity index (χ1) is 9.00. The molecule has 1 saturated carbocycles. The minimum absolute atomic E-state index is 0.124. The average Bonchev–Trinajstić information content (AvgIpc) is 3.16. The minimum atomic E-state index is -0.854. The number of para-hydroxylation sites is 2. The van der Waals surface area contributed by atoms with Crippen LogP contribution in [0.1, 0.15) is 6.42 Å². The quantitative estimate of drug-likeness (QED) is 0.596. The second kappa shape index (κ2) is 4.88. The van der Waals surface area contributed by atoms with Gasteiger partial charge in [0.05, 0.1) is 4.92 Å². The molecule has 9 heteroatoms. The van der Waals surface area contributed by atoms with Gasteiger partial charge in [0.2, 0.25) is 11.9 Å². The third-order valence-electron chi connectivity index (χ3n) is 2.79. The molecule has 9 nitrogen and oxygen atoms in total. The molecule has 19 heavy (non-hydrogen) atoms. The second-order valence-electron chi connectivity index (χ2n) is 4.08. The number of nitrogens with one attached hydrogen (secondary N) is 2. The maximum absolute atomic E-state index is 11.5. The summed E-state index contributed by atoms with van der Waals surface area (Å²) in [4.78, 5) is 31.6. The Bertz CT molecular complexity index is 546. The number of nitro groups is 2. The predicted molar refractivity (Wildman–Crippen MR) is 63.8 cm³/mol. The lowest BCUT2D eigenvalue weighted by Gasteiger charge is -2.07. The van der Waals surface area contributed by atoms with Crippen molar-refractivity contribution in [2.24, 2.45) is 5.92 Å². The number of nitro benzene ring substituents is 1. The molecule has 100 valence electrons. The van der Waals surface area contributed by atoms with Crippen molar-refractivity contribution in [2.45, 2.75) is 12.5 Å². The highest BCUT2D eigenvalue weighted by Gasteiger charge is 2.53. The van der Waals surface area contributed by atoms with Gasteiger partial charge in [-0.2, -0.15) is 0 Å². The van der Waals surface area contributed by atoms with Gasteiger partial charge in [-0.05, 0) is 6.07 Å². The number of hydrogen-bond acceptors (Lipinski definition) is 6. The Hall–Kier alpha value is -2.71. The summed E-state index contributed by atoms with van der Waals surface area (Å²) in [6, 6.07) is 4.92. The Morgan fingerprint density at radius 3 is 2.53 bits per heavy atom. The van der Waals surface area contributed by atoms with Crippen LogP contribution in [0.4, 0.5) is 11.4 Å². The van der Waals surface area contributed by atoms with Gasteiger partial charge in [-0.15, -0.1) is 0 Å². The Kier molecular flexibility index (Phi) is 3.27. The van der Waals surface area contributed by atoms with Gasteiger partial charge in [-0.1, -0.05) is 12.1 Å². The van der Waals surface area contributed by atoms with Gasteiger partial charge in [0, 0.05) is 17.4 Å². The number of anilines is 1. The summed E-state index contributed by atoms with van der Waals surface area (Å²) in [5, 5.41) is 21.1. The number of nitrogens with zero attached hydrogens (tertiary/aromatic N) is 2. The molecule has 1 aromatic carbocycles. The Balaban J connectivity index is 1.95. The number of carbonyl (C=O) groups excluding carboxylic acids is 1. The fourth-order valence-electron chi connectivity index (χ4n) is 1.66. The maximum Gasteiger partial charge on any atom is 0.294 e. The first kappa shape index (κ1) is 12.7. The van der Waals surface area contributed by atoms with E-state index >= 15 is 0 Å². The highest BCUT2D eigenvalue weighted by molar-refractivity contribution is 5.83. The molecule has 0 heterocycles. The first-order valence-corrected chi connectivity index (χ1v) is 5.43. The molecule has 2 N–H and O–H groups in total. The first-order valence-electron chi connectivity index (χ1n) is 5.43. The third kappa shape index (κ3) is 2.76. The zero-order valence-electron chi connectivity index (χ0n) is 9.61. The van der Waals surface area contributed by atoms with Crippen LogP contribution >= 0.6 is 0 Å². The lowest BCUT2D eigenvalue weighted by Crippen LogP contribution is -2.32. The lowest BCUT2D eigenvalue weighted by atomic mass is 10.3. The smallest absolute Gasteiger partial charge is 0.292 e. The van der Waals surface area contributed by atoms with Crippen LogP contribution in [0.3, 0.4) is 0 Å². The Morgan fingerprint density at radius 1 is 1.26 bits per heavy atom. The van der Waals surface area contributed by atoms with Crippen LogP contribution in [0.15, 0.2) is 24.3 Å². The molecule has 1 amide bonds. The van der Waals surface area contributed by atoms with E-state index in [9.17, 15) is 25.0 Å². The molecular formula is C10H10N4O5. The molecule has 1 fully saturated rings. The van der Waals surface area contributed by atoms with E-state index in [-0.39, 0.29) is 17.8 Å². The number of amides is 1. The highest BCUT2D eigenvalue weighted by Crippen LogP contribution is 2.33. The largest absolute Gasteiger partial charge is 0.294 e. The minimum Gasteiger partial charge on any atom is -0.292 e. The molecule has 0 bridgehead atoms. The van der Waals surface area contributed by atoms with Crippen LogP contribution in [0.2, 0.25) is 0 Å². The van der Waals surface area contributed by atoms with Crippen molar-refractivity contribution in [2.75, 3.05) is 5.43 Å². The molecule has 0 radical (unpaired) electrons. The van der Waals surface area contributed by atoms with Gasteiger partial charge in [0.1, 0.15) is 11.6 Å². The number of benzene rings is 1. The molecule has 0 aromatic heterocycles. The van der Waals surface area contributed by atoms with Gasteiger partial charge in [0.15, 0.2) is 0 Å². The Morgan fingerprint density at radius 2 is 1.95 bits per heavy atom. The van der Waals surface area contributed by atoms with Crippen molar-refractivity contribution in [3.05, 3.63) is 44.5 Å². The SMILES string of the molecule is O=C(NNc1ccccc1[N+](=O)[O-])[C@@H]1C[C@H]1[N+](=O)[O-]. The van der Waals surface area contributed by atoms with E-state index in [0.717, 1.165) is 0 Å². The van der Waals surface area contributed by atoms with Crippen LogP contribution in [-0.2, 0) is 4.79 Å². The number of hydrazine groups is 1. The van der Waals surface area contributed by atoms with E-state index in [1.165, 1.54) is 18.2 Å². The van der Waals surface area contributed by atoms with E-state index in [0.29, 0.717) is 0 Å².